The standard InChI is InChI=1S/C21H27NO.ClH/c1-3-5-17-22-18-16-21(23-4-2,19-12-8-6-9-13-19)20-14-10-7-11-15-20;/h3,5-15,22H,4,16-18H2,1-2H3;1H. The number of rotatable bonds is 9. The third-order valence-electron chi connectivity index (χ3n) is 4.02. The third kappa shape index (κ3) is 5.20. The SMILES string of the molecule is CC=CCNCCC(OCC)(c1ccccc1)c1ccccc1.Cl. The fraction of sp³-hybridized carbons (Fsp3) is 0.333. The zero-order chi connectivity index (χ0) is 16.4. The topological polar surface area (TPSA) is 21.3 Å². The van der Waals surface area contributed by atoms with Crippen molar-refractivity contribution in [1.29, 1.82) is 0 Å². The van der Waals surface area contributed by atoms with Gasteiger partial charge in [0.1, 0.15) is 5.60 Å². The molecular formula is C21H28ClNO. The van der Waals surface area contributed by atoms with Crippen LogP contribution in [-0.2, 0) is 10.3 Å². The van der Waals surface area contributed by atoms with Gasteiger partial charge in [0.05, 0.1) is 0 Å². The van der Waals surface area contributed by atoms with Gasteiger partial charge in [-0.15, -0.1) is 12.4 Å². The lowest BCUT2D eigenvalue weighted by atomic mass is 9.83. The molecule has 2 aromatic rings. The van der Waals surface area contributed by atoms with E-state index in [1.807, 2.05) is 6.92 Å². The van der Waals surface area contributed by atoms with E-state index < -0.39 is 5.60 Å². The summed E-state index contributed by atoms with van der Waals surface area (Å²) < 4.78 is 6.35. The Kier molecular flexibility index (Phi) is 9.39. The molecule has 0 bridgehead atoms. The van der Waals surface area contributed by atoms with Gasteiger partial charge in [-0.05, 0) is 37.9 Å². The average molecular weight is 346 g/mol. The Labute approximate surface area is 152 Å². The zero-order valence-electron chi connectivity index (χ0n) is 14.6. The molecule has 24 heavy (non-hydrogen) atoms. The second kappa shape index (κ2) is 11.0. The van der Waals surface area contributed by atoms with Gasteiger partial charge in [0.15, 0.2) is 0 Å². The van der Waals surface area contributed by atoms with Crippen molar-refractivity contribution in [2.24, 2.45) is 0 Å². The Morgan fingerprint density at radius 3 is 1.96 bits per heavy atom. The van der Waals surface area contributed by atoms with Gasteiger partial charge in [0.2, 0.25) is 0 Å². The Bertz CT molecular complexity index is 544. The van der Waals surface area contributed by atoms with Gasteiger partial charge in [0.25, 0.3) is 0 Å². The third-order valence-corrected chi connectivity index (χ3v) is 4.02. The van der Waals surface area contributed by atoms with Crippen molar-refractivity contribution in [1.82, 2.24) is 5.32 Å². The van der Waals surface area contributed by atoms with Crippen molar-refractivity contribution >= 4 is 12.4 Å². The fourth-order valence-corrected chi connectivity index (χ4v) is 2.92. The second-order valence-corrected chi connectivity index (χ2v) is 5.52. The predicted octanol–water partition coefficient (Wildman–Crippen LogP) is 4.94. The highest BCUT2D eigenvalue weighted by atomic mass is 35.5. The molecular weight excluding hydrogens is 318 g/mol. The van der Waals surface area contributed by atoms with Crippen molar-refractivity contribution < 1.29 is 4.74 Å². The van der Waals surface area contributed by atoms with Crippen LogP contribution < -0.4 is 5.32 Å². The van der Waals surface area contributed by atoms with Gasteiger partial charge in [0, 0.05) is 13.2 Å². The van der Waals surface area contributed by atoms with Gasteiger partial charge < -0.3 is 10.1 Å². The van der Waals surface area contributed by atoms with Crippen LogP contribution in [0.3, 0.4) is 0 Å². The molecule has 0 radical (unpaired) electrons. The van der Waals surface area contributed by atoms with Crippen molar-refractivity contribution in [3.8, 4) is 0 Å². The maximum atomic E-state index is 6.35. The molecule has 0 unspecified atom stereocenters. The molecule has 0 amide bonds. The van der Waals surface area contributed by atoms with Gasteiger partial charge in [-0.2, -0.15) is 0 Å². The lowest BCUT2D eigenvalue weighted by Crippen LogP contribution is -2.35. The van der Waals surface area contributed by atoms with Gasteiger partial charge in [-0.3, -0.25) is 0 Å². The molecule has 0 saturated carbocycles. The summed E-state index contributed by atoms with van der Waals surface area (Å²) in [5.41, 5.74) is 2.02. The highest BCUT2D eigenvalue weighted by Gasteiger charge is 2.34. The zero-order valence-corrected chi connectivity index (χ0v) is 15.4. The molecule has 0 atom stereocenters. The molecule has 2 nitrogen and oxygen atoms in total. The summed E-state index contributed by atoms with van der Waals surface area (Å²) in [4.78, 5) is 0. The first-order valence-electron chi connectivity index (χ1n) is 8.40. The minimum atomic E-state index is -0.403. The average Bonchev–Trinajstić information content (AvgIpc) is 2.62. The number of benzene rings is 2. The predicted molar refractivity (Wildman–Crippen MR) is 105 cm³/mol. The smallest absolute Gasteiger partial charge is 0.119 e. The maximum absolute atomic E-state index is 6.35. The summed E-state index contributed by atoms with van der Waals surface area (Å²) >= 11 is 0. The maximum Gasteiger partial charge on any atom is 0.119 e. The molecule has 0 aliphatic rings. The molecule has 2 rings (SSSR count). The first kappa shape index (κ1) is 20.4. The minimum absolute atomic E-state index is 0. The summed E-state index contributed by atoms with van der Waals surface area (Å²) in [6, 6.07) is 21.1. The molecule has 2 aromatic carbocycles. The molecule has 0 fully saturated rings. The first-order valence-corrected chi connectivity index (χ1v) is 8.40. The number of hydrogen-bond acceptors (Lipinski definition) is 2. The summed E-state index contributed by atoms with van der Waals surface area (Å²) in [5, 5.41) is 3.47. The van der Waals surface area contributed by atoms with Crippen LogP contribution in [0.1, 0.15) is 31.4 Å². The molecule has 0 aliphatic heterocycles. The van der Waals surface area contributed by atoms with E-state index in [9.17, 15) is 0 Å². The molecule has 0 spiro atoms. The minimum Gasteiger partial charge on any atom is -0.366 e. The van der Waals surface area contributed by atoms with Crippen molar-refractivity contribution in [2.75, 3.05) is 19.7 Å². The van der Waals surface area contributed by atoms with Crippen molar-refractivity contribution in [2.45, 2.75) is 25.9 Å². The van der Waals surface area contributed by atoms with Gasteiger partial charge in [-0.1, -0.05) is 72.8 Å². The van der Waals surface area contributed by atoms with Crippen molar-refractivity contribution in [3.63, 3.8) is 0 Å². The monoisotopic (exact) mass is 345 g/mol. The van der Waals surface area contributed by atoms with Gasteiger partial charge in [-0.25, -0.2) is 0 Å². The van der Waals surface area contributed by atoms with E-state index in [2.05, 4.69) is 85.1 Å². The highest BCUT2D eigenvalue weighted by molar-refractivity contribution is 5.85. The van der Waals surface area contributed by atoms with E-state index in [0.29, 0.717) is 6.61 Å². The van der Waals surface area contributed by atoms with E-state index in [0.717, 1.165) is 19.5 Å². The molecule has 130 valence electrons. The van der Waals surface area contributed by atoms with Crippen LogP contribution in [0.25, 0.3) is 0 Å². The Morgan fingerprint density at radius 2 is 1.50 bits per heavy atom. The van der Waals surface area contributed by atoms with Crippen LogP contribution in [0, 0.1) is 0 Å². The lowest BCUT2D eigenvalue weighted by molar-refractivity contribution is -0.0171. The van der Waals surface area contributed by atoms with Crippen LogP contribution in [0.5, 0.6) is 0 Å². The number of halogens is 1. The Hall–Kier alpha value is -1.61. The normalized spacial score (nSPS) is 11.4. The van der Waals surface area contributed by atoms with E-state index in [-0.39, 0.29) is 12.4 Å². The van der Waals surface area contributed by atoms with E-state index in [1.165, 1.54) is 11.1 Å². The second-order valence-electron chi connectivity index (χ2n) is 5.52. The summed E-state index contributed by atoms with van der Waals surface area (Å²) in [5.74, 6) is 0. The quantitative estimate of drug-likeness (QED) is 0.513. The molecule has 3 heteroatoms. The Balaban J connectivity index is 0.00000288. The van der Waals surface area contributed by atoms with Crippen LogP contribution >= 0.6 is 12.4 Å². The molecule has 0 aliphatic carbocycles. The number of hydrogen-bond donors (Lipinski definition) is 1. The Morgan fingerprint density at radius 1 is 0.958 bits per heavy atom. The van der Waals surface area contributed by atoms with Crippen LogP contribution in [0.2, 0.25) is 0 Å². The van der Waals surface area contributed by atoms with Gasteiger partial charge >= 0.3 is 0 Å². The number of ether oxygens (including phenoxy) is 1. The fourth-order valence-electron chi connectivity index (χ4n) is 2.92. The molecule has 0 heterocycles. The molecule has 0 aromatic heterocycles. The van der Waals surface area contributed by atoms with Crippen molar-refractivity contribution in [3.05, 3.63) is 83.9 Å². The molecule has 0 saturated heterocycles. The van der Waals surface area contributed by atoms with Crippen LogP contribution in [0.15, 0.2) is 72.8 Å². The summed E-state index contributed by atoms with van der Waals surface area (Å²) in [6.07, 6.45) is 5.09. The summed E-state index contributed by atoms with van der Waals surface area (Å²) in [6.45, 7) is 6.57. The van der Waals surface area contributed by atoms with E-state index >= 15 is 0 Å². The van der Waals surface area contributed by atoms with E-state index in [1.54, 1.807) is 0 Å². The summed E-state index contributed by atoms with van der Waals surface area (Å²) in [7, 11) is 0. The molecule has 1 N–H and O–H groups in total. The van der Waals surface area contributed by atoms with E-state index in [4.69, 9.17) is 4.74 Å². The number of allylic oxidation sites excluding steroid dienone is 1. The largest absolute Gasteiger partial charge is 0.366 e. The van der Waals surface area contributed by atoms with Crippen LogP contribution in [0.4, 0.5) is 0 Å². The first-order chi connectivity index (χ1) is 11.3. The lowest BCUT2D eigenvalue weighted by Gasteiger charge is -2.35. The highest BCUT2D eigenvalue weighted by Crippen LogP contribution is 2.36. The number of nitrogens with one attached hydrogen (secondary N) is 1. The van der Waals surface area contributed by atoms with Crippen LogP contribution in [-0.4, -0.2) is 19.7 Å².